The zero-order valence-electron chi connectivity index (χ0n) is 11.1. The van der Waals surface area contributed by atoms with Crippen molar-refractivity contribution in [2.75, 3.05) is 13.1 Å². The van der Waals surface area contributed by atoms with Gasteiger partial charge in [0.05, 0.1) is 0 Å². The van der Waals surface area contributed by atoms with E-state index in [0.717, 1.165) is 36.6 Å². The maximum Gasteiger partial charge on any atom is 0.121 e. The summed E-state index contributed by atoms with van der Waals surface area (Å²) < 4.78 is 0. The molecule has 0 aromatic heterocycles. The standard InChI is InChI=1S/C15H23NO/c1-10-8-14(11(2)12(3)15(10)17)9-13-4-6-16-7-5-13/h8,13,16-17H,4-7,9H2,1-3H3. The summed E-state index contributed by atoms with van der Waals surface area (Å²) in [4.78, 5) is 0. The molecule has 1 saturated heterocycles. The molecule has 17 heavy (non-hydrogen) atoms. The minimum absolute atomic E-state index is 0.469. The summed E-state index contributed by atoms with van der Waals surface area (Å²) in [6, 6.07) is 2.17. The van der Waals surface area contributed by atoms with E-state index in [4.69, 9.17) is 0 Å². The lowest BCUT2D eigenvalue weighted by Gasteiger charge is -2.24. The highest BCUT2D eigenvalue weighted by atomic mass is 16.3. The normalized spacial score (nSPS) is 17.4. The van der Waals surface area contributed by atoms with Gasteiger partial charge in [-0.25, -0.2) is 0 Å². The van der Waals surface area contributed by atoms with Crippen molar-refractivity contribution in [1.82, 2.24) is 5.32 Å². The Morgan fingerprint density at radius 1 is 1.18 bits per heavy atom. The van der Waals surface area contributed by atoms with Crippen LogP contribution in [0.3, 0.4) is 0 Å². The Balaban J connectivity index is 2.20. The van der Waals surface area contributed by atoms with Crippen LogP contribution in [0.15, 0.2) is 6.07 Å². The molecule has 1 aromatic carbocycles. The molecule has 0 aliphatic carbocycles. The van der Waals surface area contributed by atoms with Crippen molar-refractivity contribution in [3.05, 3.63) is 28.3 Å². The molecule has 1 fully saturated rings. The second-order valence-corrected chi connectivity index (χ2v) is 5.35. The van der Waals surface area contributed by atoms with E-state index in [2.05, 4.69) is 18.3 Å². The number of piperidine rings is 1. The average molecular weight is 233 g/mol. The first kappa shape index (κ1) is 12.4. The van der Waals surface area contributed by atoms with Crippen LogP contribution >= 0.6 is 0 Å². The van der Waals surface area contributed by atoms with Crippen molar-refractivity contribution >= 4 is 0 Å². The van der Waals surface area contributed by atoms with Crippen LogP contribution in [0, 0.1) is 26.7 Å². The van der Waals surface area contributed by atoms with Gasteiger partial charge in [-0.1, -0.05) is 6.07 Å². The Labute approximate surface area is 104 Å². The third-order valence-electron chi connectivity index (χ3n) is 4.13. The van der Waals surface area contributed by atoms with E-state index in [-0.39, 0.29) is 0 Å². The minimum Gasteiger partial charge on any atom is -0.507 e. The molecule has 2 heteroatoms. The SMILES string of the molecule is Cc1cc(CC2CCNCC2)c(C)c(C)c1O. The van der Waals surface area contributed by atoms with Crippen LogP contribution < -0.4 is 5.32 Å². The first-order valence-electron chi connectivity index (χ1n) is 6.59. The third-order valence-corrected chi connectivity index (χ3v) is 4.13. The topological polar surface area (TPSA) is 32.3 Å². The Hall–Kier alpha value is -1.02. The molecule has 2 N–H and O–H groups in total. The lowest BCUT2D eigenvalue weighted by Crippen LogP contribution is -2.28. The molecule has 0 spiro atoms. The average Bonchev–Trinajstić information content (AvgIpc) is 2.35. The van der Waals surface area contributed by atoms with Crippen molar-refractivity contribution in [2.45, 2.75) is 40.0 Å². The van der Waals surface area contributed by atoms with Gasteiger partial charge in [-0.2, -0.15) is 0 Å². The molecule has 0 atom stereocenters. The van der Waals surface area contributed by atoms with Gasteiger partial charge >= 0.3 is 0 Å². The van der Waals surface area contributed by atoms with Crippen molar-refractivity contribution in [1.29, 1.82) is 0 Å². The van der Waals surface area contributed by atoms with E-state index >= 15 is 0 Å². The van der Waals surface area contributed by atoms with Crippen LogP contribution in [0.1, 0.15) is 35.1 Å². The van der Waals surface area contributed by atoms with Crippen molar-refractivity contribution in [2.24, 2.45) is 5.92 Å². The van der Waals surface area contributed by atoms with E-state index in [1.54, 1.807) is 0 Å². The molecule has 1 aliphatic heterocycles. The Kier molecular flexibility index (Phi) is 3.72. The minimum atomic E-state index is 0.469. The molecule has 0 radical (unpaired) electrons. The zero-order chi connectivity index (χ0) is 12.4. The first-order chi connectivity index (χ1) is 8.09. The quantitative estimate of drug-likeness (QED) is 0.823. The number of hydrogen-bond donors (Lipinski definition) is 2. The second-order valence-electron chi connectivity index (χ2n) is 5.35. The number of rotatable bonds is 2. The lowest BCUT2D eigenvalue weighted by molar-refractivity contribution is 0.372. The molecular weight excluding hydrogens is 210 g/mol. The van der Waals surface area contributed by atoms with Gasteiger partial charge in [-0.15, -0.1) is 0 Å². The fourth-order valence-electron chi connectivity index (χ4n) is 2.76. The molecule has 94 valence electrons. The molecule has 1 aromatic rings. The summed E-state index contributed by atoms with van der Waals surface area (Å²) in [5, 5.41) is 13.3. The van der Waals surface area contributed by atoms with Crippen molar-refractivity contribution in [3.8, 4) is 5.75 Å². The summed E-state index contributed by atoms with van der Waals surface area (Å²) in [6.45, 7) is 8.45. The van der Waals surface area contributed by atoms with Crippen LogP contribution in [0.5, 0.6) is 5.75 Å². The van der Waals surface area contributed by atoms with E-state index < -0.39 is 0 Å². The molecule has 2 rings (SSSR count). The van der Waals surface area contributed by atoms with Crippen LogP contribution in [0.2, 0.25) is 0 Å². The summed E-state index contributed by atoms with van der Waals surface area (Å²) in [5.74, 6) is 1.27. The fourth-order valence-corrected chi connectivity index (χ4v) is 2.76. The molecular formula is C15H23NO. The maximum absolute atomic E-state index is 9.91. The van der Waals surface area contributed by atoms with E-state index in [0.29, 0.717) is 5.75 Å². The largest absolute Gasteiger partial charge is 0.507 e. The molecule has 0 unspecified atom stereocenters. The summed E-state index contributed by atoms with van der Waals surface area (Å²) >= 11 is 0. The van der Waals surface area contributed by atoms with Crippen LogP contribution in [0.4, 0.5) is 0 Å². The Bertz CT molecular complexity index is 406. The summed E-state index contributed by atoms with van der Waals surface area (Å²) in [7, 11) is 0. The monoisotopic (exact) mass is 233 g/mol. The maximum atomic E-state index is 9.91. The number of aromatic hydroxyl groups is 1. The van der Waals surface area contributed by atoms with E-state index in [1.807, 2.05) is 13.8 Å². The van der Waals surface area contributed by atoms with Gasteiger partial charge < -0.3 is 10.4 Å². The Morgan fingerprint density at radius 3 is 2.47 bits per heavy atom. The molecule has 1 aliphatic rings. The number of nitrogens with one attached hydrogen (secondary N) is 1. The van der Waals surface area contributed by atoms with Gasteiger partial charge in [0.2, 0.25) is 0 Å². The lowest BCUT2D eigenvalue weighted by atomic mass is 9.87. The molecule has 0 saturated carbocycles. The number of hydrogen-bond acceptors (Lipinski definition) is 2. The smallest absolute Gasteiger partial charge is 0.121 e. The van der Waals surface area contributed by atoms with Gasteiger partial charge in [-0.05, 0) is 81.3 Å². The van der Waals surface area contributed by atoms with Crippen LogP contribution in [0.25, 0.3) is 0 Å². The highest BCUT2D eigenvalue weighted by Crippen LogP contribution is 2.30. The zero-order valence-corrected chi connectivity index (χ0v) is 11.1. The predicted molar refractivity (Wildman–Crippen MR) is 71.6 cm³/mol. The Morgan fingerprint density at radius 2 is 1.82 bits per heavy atom. The number of phenols is 1. The molecule has 0 bridgehead atoms. The predicted octanol–water partition coefficient (Wildman–Crippen LogP) is 2.86. The third kappa shape index (κ3) is 2.63. The fraction of sp³-hybridized carbons (Fsp3) is 0.600. The van der Waals surface area contributed by atoms with Gasteiger partial charge in [-0.3, -0.25) is 0 Å². The highest BCUT2D eigenvalue weighted by molar-refractivity contribution is 5.48. The van der Waals surface area contributed by atoms with Gasteiger partial charge in [0.15, 0.2) is 0 Å². The number of aryl methyl sites for hydroxylation is 1. The van der Waals surface area contributed by atoms with E-state index in [9.17, 15) is 5.11 Å². The number of benzene rings is 1. The highest BCUT2D eigenvalue weighted by Gasteiger charge is 2.16. The molecule has 1 heterocycles. The molecule has 2 nitrogen and oxygen atoms in total. The van der Waals surface area contributed by atoms with E-state index in [1.165, 1.54) is 24.0 Å². The van der Waals surface area contributed by atoms with Crippen molar-refractivity contribution < 1.29 is 5.11 Å². The summed E-state index contributed by atoms with van der Waals surface area (Å²) in [6.07, 6.45) is 3.71. The second kappa shape index (κ2) is 5.09. The van der Waals surface area contributed by atoms with Crippen LogP contribution in [-0.2, 0) is 6.42 Å². The first-order valence-corrected chi connectivity index (χ1v) is 6.59. The van der Waals surface area contributed by atoms with Gasteiger partial charge in [0.1, 0.15) is 5.75 Å². The van der Waals surface area contributed by atoms with Gasteiger partial charge in [0.25, 0.3) is 0 Å². The van der Waals surface area contributed by atoms with Gasteiger partial charge in [0, 0.05) is 0 Å². The van der Waals surface area contributed by atoms with Crippen molar-refractivity contribution in [3.63, 3.8) is 0 Å². The summed E-state index contributed by atoms with van der Waals surface area (Å²) in [5.41, 5.74) is 4.75. The molecule has 0 amide bonds. The number of phenolic OH excluding ortho intramolecular Hbond substituents is 1. The van der Waals surface area contributed by atoms with Crippen LogP contribution in [-0.4, -0.2) is 18.2 Å².